The molecule has 2 aromatic rings. The number of amides is 1. The lowest BCUT2D eigenvalue weighted by molar-refractivity contribution is 0.0970. The summed E-state index contributed by atoms with van der Waals surface area (Å²) < 4.78 is 5.32. The van der Waals surface area contributed by atoms with Gasteiger partial charge >= 0.3 is 6.09 Å². The van der Waals surface area contributed by atoms with Crippen LogP contribution in [0.1, 0.15) is 17.0 Å². The van der Waals surface area contributed by atoms with Crippen LogP contribution in [0.4, 0.5) is 4.79 Å². The SMILES string of the molecule is O=C(OCc1ccccc1)N1C[C@@H](O)[C@H](c2ccc(Cl)cc2)C1. The van der Waals surface area contributed by atoms with Crippen LogP contribution in [-0.2, 0) is 11.3 Å². The molecule has 1 fully saturated rings. The molecule has 0 unspecified atom stereocenters. The Kier molecular flexibility index (Phi) is 4.84. The highest BCUT2D eigenvalue weighted by Crippen LogP contribution is 2.29. The number of carbonyl (C=O) groups is 1. The van der Waals surface area contributed by atoms with Crippen molar-refractivity contribution < 1.29 is 14.6 Å². The minimum absolute atomic E-state index is 0.114. The highest BCUT2D eigenvalue weighted by Gasteiger charge is 2.35. The van der Waals surface area contributed by atoms with E-state index < -0.39 is 12.2 Å². The second-order valence-electron chi connectivity index (χ2n) is 5.67. The molecule has 1 heterocycles. The van der Waals surface area contributed by atoms with Gasteiger partial charge in [0, 0.05) is 17.5 Å². The van der Waals surface area contributed by atoms with Crippen LogP contribution in [0.15, 0.2) is 54.6 Å². The largest absolute Gasteiger partial charge is 0.445 e. The van der Waals surface area contributed by atoms with Gasteiger partial charge in [0.05, 0.1) is 12.6 Å². The molecule has 0 saturated carbocycles. The third-order valence-corrected chi connectivity index (χ3v) is 4.30. The second kappa shape index (κ2) is 7.02. The number of hydrogen-bond donors (Lipinski definition) is 1. The summed E-state index contributed by atoms with van der Waals surface area (Å²) in [5, 5.41) is 10.9. The summed E-state index contributed by atoms with van der Waals surface area (Å²) >= 11 is 5.89. The van der Waals surface area contributed by atoms with Crippen LogP contribution in [0.5, 0.6) is 0 Å². The summed E-state index contributed by atoms with van der Waals surface area (Å²) in [7, 11) is 0. The number of halogens is 1. The Morgan fingerprint density at radius 3 is 2.52 bits per heavy atom. The minimum Gasteiger partial charge on any atom is -0.445 e. The molecular weight excluding hydrogens is 314 g/mol. The van der Waals surface area contributed by atoms with Gasteiger partial charge in [-0.3, -0.25) is 0 Å². The normalized spacial score (nSPS) is 20.5. The molecule has 1 saturated heterocycles. The van der Waals surface area contributed by atoms with E-state index in [0.717, 1.165) is 11.1 Å². The Morgan fingerprint density at radius 1 is 1.13 bits per heavy atom. The molecule has 5 heteroatoms. The van der Waals surface area contributed by atoms with Gasteiger partial charge in [-0.2, -0.15) is 0 Å². The summed E-state index contributed by atoms with van der Waals surface area (Å²) in [6, 6.07) is 16.9. The number of aliphatic hydroxyl groups is 1. The first-order chi connectivity index (χ1) is 11.1. The van der Waals surface area contributed by atoms with E-state index in [4.69, 9.17) is 16.3 Å². The van der Waals surface area contributed by atoms with Gasteiger partial charge in [-0.1, -0.05) is 54.1 Å². The van der Waals surface area contributed by atoms with Crippen molar-refractivity contribution >= 4 is 17.7 Å². The van der Waals surface area contributed by atoms with Gasteiger partial charge in [0.1, 0.15) is 6.61 Å². The van der Waals surface area contributed by atoms with Crippen LogP contribution in [0.25, 0.3) is 0 Å². The lowest BCUT2D eigenvalue weighted by Crippen LogP contribution is -2.30. The summed E-state index contributed by atoms with van der Waals surface area (Å²) in [6.07, 6.45) is -0.996. The Hall–Kier alpha value is -2.04. The van der Waals surface area contributed by atoms with Gasteiger partial charge in [-0.15, -0.1) is 0 Å². The summed E-state index contributed by atoms with van der Waals surface area (Å²) in [4.78, 5) is 13.7. The summed E-state index contributed by atoms with van der Waals surface area (Å²) in [6.45, 7) is 0.954. The van der Waals surface area contributed by atoms with E-state index in [1.807, 2.05) is 42.5 Å². The molecule has 23 heavy (non-hydrogen) atoms. The smallest absolute Gasteiger partial charge is 0.410 e. The summed E-state index contributed by atoms with van der Waals surface area (Å²) in [5.74, 6) is -0.114. The van der Waals surface area contributed by atoms with Crippen LogP contribution in [0, 0.1) is 0 Å². The number of carbonyl (C=O) groups excluding carboxylic acids is 1. The van der Waals surface area contributed by atoms with E-state index in [0.29, 0.717) is 11.6 Å². The molecule has 120 valence electrons. The quantitative estimate of drug-likeness (QED) is 0.937. The Bertz CT molecular complexity index is 660. The third-order valence-electron chi connectivity index (χ3n) is 4.05. The Labute approximate surface area is 140 Å². The lowest BCUT2D eigenvalue weighted by atomic mass is 9.96. The molecule has 2 atom stereocenters. The van der Waals surface area contributed by atoms with E-state index in [1.54, 1.807) is 17.0 Å². The monoisotopic (exact) mass is 331 g/mol. The van der Waals surface area contributed by atoms with E-state index in [2.05, 4.69) is 0 Å². The lowest BCUT2D eigenvalue weighted by Gasteiger charge is -2.16. The zero-order chi connectivity index (χ0) is 16.2. The van der Waals surface area contributed by atoms with Crippen molar-refractivity contribution in [1.82, 2.24) is 4.90 Å². The first-order valence-electron chi connectivity index (χ1n) is 7.52. The predicted molar refractivity (Wildman–Crippen MR) is 88.4 cm³/mol. The van der Waals surface area contributed by atoms with Crippen LogP contribution in [0.2, 0.25) is 5.02 Å². The van der Waals surface area contributed by atoms with E-state index in [-0.39, 0.29) is 19.1 Å². The maximum Gasteiger partial charge on any atom is 0.410 e. The first kappa shape index (κ1) is 15.8. The Morgan fingerprint density at radius 2 is 1.83 bits per heavy atom. The molecule has 1 aliphatic rings. The fourth-order valence-corrected chi connectivity index (χ4v) is 2.91. The van der Waals surface area contributed by atoms with Crippen molar-refractivity contribution in [1.29, 1.82) is 0 Å². The van der Waals surface area contributed by atoms with Crippen molar-refractivity contribution in [3.05, 3.63) is 70.7 Å². The van der Waals surface area contributed by atoms with Gasteiger partial charge < -0.3 is 14.7 Å². The standard InChI is InChI=1S/C18H18ClNO3/c19-15-8-6-14(7-9-15)16-10-20(11-17(16)21)18(22)23-12-13-4-2-1-3-5-13/h1-9,16-17,21H,10-12H2/t16-,17+/m0/s1. The topological polar surface area (TPSA) is 49.8 Å². The maximum atomic E-state index is 12.2. The van der Waals surface area contributed by atoms with Gasteiger partial charge in [-0.05, 0) is 23.3 Å². The second-order valence-corrected chi connectivity index (χ2v) is 6.11. The average molecular weight is 332 g/mol. The molecule has 0 aromatic heterocycles. The number of β-amino-alcohol motifs (C(OH)–C–C–N with tert-alkyl or cyclic N) is 1. The molecule has 1 aliphatic heterocycles. The van der Waals surface area contributed by atoms with Crippen LogP contribution >= 0.6 is 11.6 Å². The minimum atomic E-state index is -0.597. The molecule has 0 radical (unpaired) electrons. The van der Waals surface area contributed by atoms with Crippen molar-refractivity contribution in [2.45, 2.75) is 18.6 Å². The van der Waals surface area contributed by atoms with Crippen molar-refractivity contribution in [3.63, 3.8) is 0 Å². The number of hydrogen-bond acceptors (Lipinski definition) is 3. The number of aliphatic hydroxyl groups excluding tert-OH is 1. The van der Waals surface area contributed by atoms with Crippen molar-refractivity contribution in [3.8, 4) is 0 Å². The predicted octanol–water partition coefficient (Wildman–Crippen LogP) is 3.44. The maximum absolute atomic E-state index is 12.2. The van der Waals surface area contributed by atoms with Crippen LogP contribution in [-0.4, -0.2) is 35.3 Å². The van der Waals surface area contributed by atoms with Crippen molar-refractivity contribution in [2.75, 3.05) is 13.1 Å². The number of nitrogens with zero attached hydrogens (tertiary/aromatic N) is 1. The number of ether oxygens (including phenoxy) is 1. The third kappa shape index (κ3) is 3.84. The van der Waals surface area contributed by atoms with Gasteiger partial charge in [0.15, 0.2) is 0 Å². The molecule has 0 aliphatic carbocycles. The van der Waals surface area contributed by atoms with Gasteiger partial charge in [0.2, 0.25) is 0 Å². The zero-order valence-corrected chi connectivity index (χ0v) is 13.3. The molecule has 2 aromatic carbocycles. The molecular formula is C18H18ClNO3. The molecule has 1 N–H and O–H groups in total. The molecule has 3 rings (SSSR count). The molecule has 0 bridgehead atoms. The number of likely N-dealkylation sites (tertiary alicyclic amines) is 1. The Balaban J connectivity index is 1.59. The van der Waals surface area contributed by atoms with Crippen LogP contribution in [0.3, 0.4) is 0 Å². The summed E-state index contributed by atoms with van der Waals surface area (Å²) in [5.41, 5.74) is 1.91. The fourth-order valence-electron chi connectivity index (χ4n) is 2.78. The van der Waals surface area contributed by atoms with Crippen molar-refractivity contribution in [2.24, 2.45) is 0 Å². The molecule has 4 nitrogen and oxygen atoms in total. The molecule has 0 spiro atoms. The number of rotatable bonds is 3. The highest BCUT2D eigenvalue weighted by atomic mass is 35.5. The van der Waals surface area contributed by atoms with E-state index >= 15 is 0 Å². The number of benzene rings is 2. The van der Waals surface area contributed by atoms with Gasteiger partial charge in [-0.25, -0.2) is 4.79 Å². The first-order valence-corrected chi connectivity index (χ1v) is 7.90. The average Bonchev–Trinajstić information content (AvgIpc) is 2.96. The highest BCUT2D eigenvalue weighted by molar-refractivity contribution is 6.30. The van der Waals surface area contributed by atoms with E-state index in [9.17, 15) is 9.90 Å². The fraction of sp³-hybridized carbons (Fsp3) is 0.278. The molecule has 1 amide bonds. The van der Waals surface area contributed by atoms with Gasteiger partial charge in [0.25, 0.3) is 0 Å². The van der Waals surface area contributed by atoms with E-state index in [1.165, 1.54) is 0 Å². The van der Waals surface area contributed by atoms with Crippen LogP contribution < -0.4 is 0 Å². The zero-order valence-electron chi connectivity index (χ0n) is 12.6.